The summed E-state index contributed by atoms with van der Waals surface area (Å²) in [5.41, 5.74) is 0. The first-order valence-corrected chi connectivity index (χ1v) is 7.58. The van der Waals surface area contributed by atoms with Gasteiger partial charge < -0.3 is 24.7 Å². The maximum atomic E-state index is 14.0. The summed E-state index contributed by atoms with van der Waals surface area (Å²) in [5, 5.41) is 19.2. The van der Waals surface area contributed by atoms with Crippen LogP contribution in [-0.4, -0.2) is 72.3 Å². The number of aromatic nitrogens is 2. The number of aliphatic hydroxyl groups is 2. The molecule has 0 unspecified atom stereocenters. The highest BCUT2D eigenvalue weighted by Crippen LogP contribution is 2.24. The molecule has 7 nitrogen and oxygen atoms in total. The number of morpholine rings is 1. The monoisotopic (exact) mass is 312 g/mol. The van der Waals surface area contributed by atoms with Crippen LogP contribution in [0, 0.1) is 11.7 Å². The zero-order valence-electron chi connectivity index (χ0n) is 12.4. The van der Waals surface area contributed by atoms with Gasteiger partial charge in [-0.25, -0.2) is 9.37 Å². The molecule has 2 atom stereocenters. The van der Waals surface area contributed by atoms with Gasteiger partial charge in [0, 0.05) is 38.7 Å². The lowest BCUT2D eigenvalue weighted by atomic mass is 9.95. The summed E-state index contributed by atoms with van der Waals surface area (Å²) in [4.78, 5) is 12.1. The van der Waals surface area contributed by atoms with Crippen LogP contribution in [0.3, 0.4) is 0 Å². The van der Waals surface area contributed by atoms with E-state index in [4.69, 9.17) is 4.74 Å². The Hall–Kier alpha value is -1.51. The van der Waals surface area contributed by atoms with Crippen molar-refractivity contribution in [2.75, 3.05) is 55.8 Å². The van der Waals surface area contributed by atoms with E-state index in [9.17, 15) is 14.6 Å². The van der Waals surface area contributed by atoms with Gasteiger partial charge in [-0.15, -0.1) is 0 Å². The first-order valence-electron chi connectivity index (χ1n) is 7.58. The normalized spacial score (nSPS) is 26.3. The molecule has 122 valence electrons. The van der Waals surface area contributed by atoms with E-state index in [1.165, 1.54) is 6.20 Å². The average Bonchev–Trinajstić information content (AvgIpc) is 2.56. The minimum absolute atomic E-state index is 0.0295. The van der Waals surface area contributed by atoms with Crippen LogP contribution >= 0.6 is 0 Å². The fraction of sp³-hybridized carbons (Fsp3) is 0.714. The third-order valence-electron chi connectivity index (χ3n) is 4.26. The topological polar surface area (TPSA) is 82.0 Å². The van der Waals surface area contributed by atoms with Crippen LogP contribution in [0.5, 0.6) is 0 Å². The third-order valence-corrected chi connectivity index (χ3v) is 4.26. The zero-order chi connectivity index (χ0) is 15.5. The standard InChI is InChI=1S/C14H21FN4O3/c15-11-7-16-14(17-13(11)18-3-5-22-6-4-18)19-2-1-10(9-20)12(21)8-19/h7,10,12,20-21H,1-6,8-9H2/t10-,12+/m1/s1. The van der Waals surface area contributed by atoms with Crippen LogP contribution in [-0.2, 0) is 4.74 Å². The summed E-state index contributed by atoms with van der Waals surface area (Å²) in [6, 6.07) is 0. The summed E-state index contributed by atoms with van der Waals surface area (Å²) in [6.45, 7) is 3.26. The Morgan fingerprint density at radius 1 is 1.27 bits per heavy atom. The second-order valence-corrected chi connectivity index (χ2v) is 5.69. The number of piperidine rings is 1. The summed E-state index contributed by atoms with van der Waals surface area (Å²) in [5.74, 6) is 0.136. The first kappa shape index (κ1) is 15.4. The van der Waals surface area contributed by atoms with Gasteiger partial charge >= 0.3 is 0 Å². The molecule has 0 aromatic carbocycles. The number of hydrogen-bond acceptors (Lipinski definition) is 7. The number of hydrogen-bond donors (Lipinski definition) is 2. The van der Waals surface area contributed by atoms with Crippen molar-refractivity contribution in [3.8, 4) is 0 Å². The number of ether oxygens (including phenoxy) is 1. The molecule has 0 bridgehead atoms. The Morgan fingerprint density at radius 3 is 2.73 bits per heavy atom. The van der Waals surface area contributed by atoms with E-state index in [0.29, 0.717) is 51.8 Å². The van der Waals surface area contributed by atoms with E-state index in [1.807, 2.05) is 9.80 Å². The van der Waals surface area contributed by atoms with Crippen LogP contribution in [0.2, 0.25) is 0 Å². The van der Waals surface area contributed by atoms with E-state index in [2.05, 4.69) is 9.97 Å². The molecule has 2 aliphatic rings. The molecule has 0 spiro atoms. The molecule has 22 heavy (non-hydrogen) atoms. The molecule has 0 amide bonds. The summed E-state index contributed by atoms with van der Waals surface area (Å²) < 4.78 is 19.3. The van der Waals surface area contributed by atoms with Gasteiger partial charge in [-0.1, -0.05) is 0 Å². The highest BCUT2D eigenvalue weighted by Gasteiger charge is 2.29. The predicted octanol–water partition coefficient (Wildman–Crippen LogP) is -0.368. The quantitative estimate of drug-likeness (QED) is 0.788. The minimum atomic E-state index is -0.626. The molecule has 3 rings (SSSR count). The van der Waals surface area contributed by atoms with E-state index >= 15 is 0 Å². The summed E-state index contributed by atoms with van der Waals surface area (Å²) in [7, 11) is 0. The average molecular weight is 312 g/mol. The zero-order valence-corrected chi connectivity index (χ0v) is 12.4. The van der Waals surface area contributed by atoms with Crippen molar-refractivity contribution in [1.82, 2.24) is 9.97 Å². The van der Waals surface area contributed by atoms with Gasteiger partial charge in [0.05, 0.1) is 25.5 Å². The van der Waals surface area contributed by atoms with Crippen molar-refractivity contribution in [1.29, 1.82) is 0 Å². The smallest absolute Gasteiger partial charge is 0.227 e. The van der Waals surface area contributed by atoms with E-state index in [-0.39, 0.29) is 18.3 Å². The fourth-order valence-corrected chi connectivity index (χ4v) is 2.87. The van der Waals surface area contributed by atoms with Crippen LogP contribution in [0.15, 0.2) is 6.20 Å². The molecule has 2 saturated heterocycles. The fourth-order valence-electron chi connectivity index (χ4n) is 2.87. The molecule has 0 aliphatic carbocycles. The molecule has 3 heterocycles. The number of anilines is 2. The van der Waals surface area contributed by atoms with Crippen molar-refractivity contribution in [2.24, 2.45) is 5.92 Å². The molecule has 0 saturated carbocycles. The number of halogens is 1. The van der Waals surface area contributed by atoms with Gasteiger partial charge in [-0.3, -0.25) is 0 Å². The van der Waals surface area contributed by atoms with Crippen molar-refractivity contribution < 1.29 is 19.3 Å². The summed E-state index contributed by atoms with van der Waals surface area (Å²) >= 11 is 0. The molecule has 0 radical (unpaired) electrons. The van der Waals surface area contributed by atoms with Gasteiger partial charge in [0.1, 0.15) is 0 Å². The van der Waals surface area contributed by atoms with Crippen molar-refractivity contribution in [3.05, 3.63) is 12.0 Å². The Balaban J connectivity index is 1.77. The second kappa shape index (κ2) is 6.72. The molecular formula is C14H21FN4O3. The largest absolute Gasteiger partial charge is 0.396 e. The Morgan fingerprint density at radius 2 is 2.05 bits per heavy atom. The third kappa shape index (κ3) is 3.13. The molecular weight excluding hydrogens is 291 g/mol. The van der Waals surface area contributed by atoms with Crippen molar-refractivity contribution in [3.63, 3.8) is 0 Å². The van der Waals surface area contributed by atoms with Crippen LogP contribution in [0.4, 0.5) is 16.2 Å². The Kier molecular flexibility index (Phi) is 4.70. The number of β-amino-alcohol motifs (C(OH)–C–C–N with tert-alkyl or cyclic N) is 1. The molecule has 2 aliphatic heterocycles. The van der Waals surface area contributed by atoms with Crippen LogP contribution in [0.1, 0.15) is 6.42 Å². The SMILES string of the molecule is OC[C@H]1CCN(c2ncc(F)c(N3CCOCC3)n2)C[C@@H]1O. The maximum absolute atomic E-state index is 14.0. The number of nitrogens with zero attached hydrogens (tertiary/aromatic N) is 4. The molecule has 1 aromatic heterocycles. The molecule has 8 heteroatoms. The number of rotatable bonds is 3. The van der Waals surface area contributed by atoms with Gasteiger partial charge in [0.15, 0.2) is 11.6 Å². The lowest BCUT2D eigenvalue weighted by Crippen LogP contribution is -2.46. The predicted molar refractivity (Wildman–Crippen MR) is 78.4 cm³/mol. The van der Waals surface area contributed by atoms with E-state index in [1.54, 1.807) is 0 Å². The van der Waals surface area contributed by atoms with E-state index < -0.39 is 11.9 Å². The van der Waals surface area contributed by atoms with E-state index in [0.717, 1.165) is 0 Å². The Labute approximate surface area is 128 Å². The highest BCUT2D eigenvalue weighted by atomic mass is 19.1. The van der Waals surface area contributed by atoms with Gasteiger partial charge in [0.2, 0.25) is 5.95 Å². The second-order valence-electron chi connectivity index (χ2n) is 5.69. The van der Waals surface area contributed by atoms with Gasteiger partial charge in [0.25, 0.3) is 0 Å². The summed E-state index contributed by atoms with van der Waals surface area (Å²) in [6.07, 6.45) is 1.21. The van der Waals surface area contributed by atoms with Gasteiger partial charge in [-0.05, 0) is 6.42 Å². The number of aliphatic hydroxyl groups excluding tert-OH is 2. The Bertz CT molecular complexity index is 513. The lowest BCUT2D eigenvalue weighted by Gasteiger charge is -2.35. The van der Waals surface area contributed by atoms with Crippen molar-refractivity contribution in [2.45, 2.75) is 12.5 Å². The van der Waals surface area contributed by atoms with Crippen LogP contribution in [0.25, 0.3) is 0 Å². The maximum Gasteiger partial charge on any atom is 0.227 e. The molecule has 1 aromatic rings. The minimum Gasteiger partial charge on any atom is -0.396 e. The van der Waals surface area contributed by atoms with Crippen LogP contribution < -0.4 is 9.80 Å². The lowest BCUT2D eigenvalue weighted by molar-refractivity contribution is 0.0544. The molecule has 2 N–H and O–H groups in total. The van der Waals surface area contributed by atoms with Crippen molar-refractivity contribution >= 4 is 11.8 Å². The first-order chi connectivity index (χ1) is 10.7. The van der Waals surface area contributed by atoms with Gasteiger partial charge in [-0.2, -0.15) is 4.98 Å². The molecule has 2 fully saturated rings. The highest BCUT2D eigenvalue weighted by molar-refractivity contribution is 5.45.